The Kier molecular flexibility index (Phi) is 4.01. The maximum Gasteiger partial charge on any atom is 0.410 e. The third-order valence-electron chi connectivity index (χ3n) is 2.46. The van der Waals surface area contributed by atoms with Gasteiger partial charge in [0.25, 0.3) is 0 Å². The Labute approximate surface area is 105 Å². The molecule has 2 aliphatic rings. The Morgan fingerprint density at radius 2 is 2.50 bits per heavy atom. The Morgan fingerprint density at radius 3 is 3.19 bits per heavy atom. The van der Waals surface area contributed by atoms with Crippen LogP contribution in [0, 0.1) is 0 Å². The molecule has 0 saturated carbocycles. The number of ether oxygens (including phenoxy) is 1. The number of thioether (sulfide) groups is 1. The van der Waals surface area contributed by atoms with Crippen LogP contribution < -0.4 is 0 Å². The fourth-order valence-electron chi connectivity index (χ4n) is 1.50. The summed E-state index contributed by atoms with van der Waals surface area (Å²) in [6, 6.07) is 0. The number of allylic oxidation sites excluding steroid dienone is 3. The first-order valence-electron chi connectivity index (χ1n) is 5.16. The lowest BCUT2D eigenvalue weighted by molar-refractivity contribution is 0.122. The number of nitrogens with zero attached hydrogens (tertiary/aromatic N) is 1. The molecule has 0 spiro atoms. The molecule has 0 aromatic heterocycles. The van der Waals surface area contributed by atoms with Crippen molar-refractivity contribution in [3.05, 3.63) is 23.8 Å². The Morgan fingerprint density at radius 1 is 1.62 bits per heavy atom. The summed E-state index contributed by atoms with van der Waals surface area (Å²) in [4.78, 5) is 14.2. The minimum absolute atomic E-state index is 0.233. The molecule has 3 nitrogen and oxygen atoms in total. The third kappa shape index (κ3) is 2.86. The highest BCUT2D eigenvalue weighted by Crippen LogP contribution is 2.15. The van der Waals surface area contributed by atoms with Crippen molar-refractivity contribution in [1.29, 1.82) is 0 Å². The van der Waals surface area contributed by atoms with Crippen LogP contribution >= 0.6 is 24.0 Å². The molecule has 5 heteroatoms. The van der Waals surface area contributed by atoms with E-state index in [-0.39, 0.29) is 6.09 Å². The maximum absolute atomic E-state index is 11.6. The normalized spacial score (nSPS) is 19.9. The van der Waals surface area contributed by atoms with Crippen molar-refractivity contribution < 1.29 is 9.53 Å². The van der Waals surface area contributed by atoms with E-state index in [4.69, 9.17) is 17.0 Å². The van der Waals surface area contributed by atoms with E-state index in [1.807, 2.05) is 18.2 Å². The van der Waals surface area contributed by atoms with Crippen LogP contribution in [0.5, 0.6) is 0 Å². The van der Waals surface area contributed by atoms with E-state index in [1.54, 1.807) is 16.7 Å². The molecule has 2 rings (SSSR count). The molecule has 1 aliphatic carbocycles. The molecule has 1 fully saturated rings. The quantitative estimate of drug-likeness (QED) is 0.709. The first-order valence-corrected chi connectivity index (χ1v) is 6.72. The van der Waals surface area contributed by atoms with Crippen molar-refractivity contribution in [1.82, 2.24) is 4.90 Å². The lowest BCUT2D eigenvalue weighted by Gasteiger charge is -2.16. The molecular weight excluding hydrogens is 242 g/mol. The first kappa shape index (κ1) is 11.7. The van der Waals surface area contributed by atoms with Gasteiger partial charge in [-0.1, -0.05) is 30.4 Å². The van der Waals surface area contributed by atoms with Crippen molar-refractivity contribution in [2.24, 2.45) is 0 Å². The predicted octanol–water partition coefficient (Wildman–Crippen LogP) is 2.39. The molecule has 86 valence electrons. The predicted molar refractivity (Wildman–Crippen MR) is 69.8 cm³/mol. The van der Waals surface area contributed by atoms with E-state index < -0.39 is 0 Å². The number of carbonyl (C=O) groups excluding carboxylic acids is 1. The van der Waals surface area contributed by atoms with Gasteiger partial charge in [-0.25, -0.2) is 4.79 Å². The average Bonchev–Trinajstić information content (AvgIpc) is 2.81. The van der Waals surface area contributed by atoms with Crippen LogP contribution in [0.2, 0.25) is 0 Å². The molecular formula is C11H13NO2S2. The van der Waals surface area contributed by atoms with Gasteiger partial charge in [0.05, 0.1) is 5.88 Å². The van der Waals surface area contributed by atoms with Gasteiger partial charge >= 0.3 is 6.09 Å². The van der Waals surface area contributed by atoms with Crippen LogP contribution in [0.15, 0.2) is 23.8 Å². The molecule has 1 aliphatic heterocycles. The van der Waals surface area contributed by atoms with Crippen molar-refractivity contribution in [3.63, 3.8) is 0 Å². The van der Waals surface area contributed by atoms with Crippen molar-refractivity contribution in [2.45, 2.75) is 6.42 Å². The molecule has 0 radical (unpaired) electrons. The zero-order chi connectivity index (χ0) is 11.4. The average molecular weight is 255 g/mol. The molecule has 0 aromatic carbocycles. The Hall–Kier alpha value is -0.810. The number of hydrogen-bond donors (Lipinski definition) is 0. The van der Waals surface area contributed by atoms with E-state index in [1.165, 1.54) is 0 Å². The summed E-state index contributed by atoms with van der Waals surface area (Å²) < 4.78 is 5.22. The maximum atomic E-state index is 11.6. The molecule has 1 heterocycles. The molecule has 1 amide bonds. The van der Waals surface area contributed by atoms with Gasteiger partial charge in [0, 0.05) is 29.2 Å². The van der Waals surface area contributed by atoms with Crippen molar-refractivity contribution in [2.75, 3.05) is 24.8 Å². The third-order valence-corrected chi connectivity index (χ3v) is 3.85. The minimum atomic E-state index is -0.233. The highest BCUT2D eigenvalue weighted by atomic mass is 32.2. The minimum Gasteiger partial charge on any atom is -0.444 e. The number of carbonyl (C=O) groups is 1. The lowest BCUT2D eigenvalue weighted by Crippen LogP contribution is -2.29. The molecule has 0 N–H and O–H groups in total. The number of thiocarbonyl (C=S) groups is 1. The zero-order valence-electron chi connectivity index (χ0n) is 8.85. The van der Waals surface area contributed by atoms with Gasteiger partial charge in [-0.3, -0.25) is 4.90 Å². The Balaban J connectivity index is 1.82. The number of hydrogen-bond acceptors (Lipinski definition) is 4. The first-order chi connectivity index (χ1) is 7.77. The van der Waals surface area contributed by atoms with E-state index in [2.05, 4.69) is 0 Å². The smallest absolute Gasteiger partial charge is 0.410 e. The standard InChI is InChI=1S/C11H13NO2S2/c13-11(12-5-6-16-8-12)14-7-9-3-1-2-4-10(9)15/h1-3H,4-8H2. The van der Waals surface area contributed by atoms with E-state index in [9.17, 15) is 4.79 Å². The van der Waals surface area contributed by atoms with Crippen LogP contribution in [-0.2, 0) is 4.74 Å². The van der Waals surface area contributed by atoms with Crippen LogP contribution in [0.3, 0.4) is 0 Å². The highest BCUT2D eigenvalue weighted by molar-refractivity contribution is 7.99. The molecule has 0 atom stereocenters. The monoisotopic (exact) mass is 255 g/mol. The fourth-order valence-corrected chi connectivity index (χ4v) is 2.66. The van der Waals surface area contributed by atoms with Crippen LogP contribution in [0.4, 0.5) is 4.79 Å². The fraction of sp³-hybridized carbons (Fsp3) is 0.455. The van der Waals surface area contributed by atoms with Gasteiger partial charge in [0.2, 0.25) is 0 Å². The Bertz CT molecular complexity index is 357. The zero-order valence-corrected chi connectivity index (χ0v) is 10.5. The van der Waals surface area contributed by atoms with Gasteiger partial charge in [0.15, 0.2) is 0 Å². The van der Waals surface area contributed by atoms with Crippen molar-refractivity contribution >= 4 is 34.9 Å². The van der Waals surface area contributed by atoms with Crippen LogP contribution in [0.1, 0.15) is 6.42 Å². The molecule has 0 aromatic rings. The second-order valence-electron chi connectivity index (χ2n) is 3.60. The van der Waals surface area contributed by atoms with Gasteiger partial charge < -0.3 is 4.74 Å². The van der Waals surface area contributed by atoms with E-state index >= 15 is 0 Å². The van der Waals surface area contributed by atoms with E-state index in [0.717, 1.165) is 35.0 Å². The van der Waals surface area contributed by atoms with Gasteiger partial charge in [-0.05, 0) is 0 Å². The summed E-state index contributed by atoms with van der Waals surface area (Å²) in [7, 11) is 0. The number of amides is 1. The SMILES string of the molecule is O=C(OCC1=CC=CCC1=S)N1CCSC1. The summed E-state index contributed by atoms with van der Waals surface area (Å²) in [6.07, 6.45) is 6.41. The lowest BCUT2D eigenvalue weighted by atomic mass is 10.1. The van der Waals surface area contributed by atoms with Gasteiger partial charge in [-0.2, -0.15) is 0 Å². The second kappa shape index (κ2) is 5.50. The summed E-state index contributed by atoms with van der Waals surface area (Å²) >= 11 is 6.93. The van der Waals surface area contributed by atoms with E-state index in [0.29, 0.717) is 6.61 Å². The van der Waals surface area contributed by atoms with Crippen molar-refractivity contribution in [3.8, 4) is 0 Å². The highest BCUT2D eigenvalue weighted by Gasteiger charge is 2.20. The largest absolute Gasteiger partial charge is 0.444 e. The summed E-state index contributed by atoms with van der Waals surface area (Å²) in [5.74, 6) is 1.74. The van der Waals surface area contributed by atoms with Gasteiger partial charge in [0.1, 0.15) is 6.61 Å². The summed E-state index contributed by atoms with van der Waals surface area (Å²) in [5.41, 5.74) is 0.942. The summed E-state index contributed by atoms with van der Waals surface area (Å²) in [6.45, 7) is 1.08. The topological polar surface area (TPSA) is 29.5 Å². The molecule has 0 bridgehead atoms. The molecule has 16 heavy (non-hydrogen) atoms. The molecule has 1 saturated heterocycles. The second-order valence-corrected chi connectivity index (χ2v) is 5.17. The van der Waals surface area contributed by atoms with Gasteiger partial charge in [-0.15, -0.1) is 11.8 Å². The summed E-state index contributed by atoms with van der Waals surface area (Å²) in [5, 5.41) is 0. The number of rotatable bonds is 2. The van der Waals surface area contributed by atoms with Crippen LogP contribution in [-0.4, -0.2) is 40.6 Å². The van der Waals surface area contributed by atoms with Crippen LogP contribution in [0.25, 0.3) is 0 Å². The molecule has 0 unspecified atom stereocenters.